The van der Waals surface area contributed by atoms with Gasteiger partial charge in [-0.15, -0.1) is 0 Å². The van der Waals surface area contributed by atoms with Gasteiger partial charge in [0, 0.05) is 13.1 Å². The van der Waals surface area contributed by atoms with Crippen LogP contribution in [0.3, 0.4) is 0 Å². The lowest BCUT2D eigenvalue weighted by Gasteiger charge is -2.16. The molecule has 0 aliphatic rings. The van der Waals surface area contributed by atoms with Crippen molar-refractivity contribution in [1.29, 1.82) is 0 Å². The summed E-state index contributed by atoms with van der Waals surface area (Å²) in [5.74, 6) is 0.949. The number of hydrogen-bond donors (Lipinski definition) is 1. The topological polar surface area (TPSA) is 58.6 Å². The normalized spacial score (nSPS) is 13.6. The Bertz CT molecular complexity index is 539. The quantitative estimate of drug-likeness (QED) is 0.754. The third-order valence-corrected chi connectivity index (χ3v) is 5.28. The van der Waals surface area contributed by atoms with Crippen molar-refractivity contribution in [2.45, 2.75) is 31.9 Å². The van der Waals surface area contributed by atoms with Crippen LogP contribution in [0.5, 0.6) is 5.75 Å². The zero-order valence-electron chi connectivity index (χ0n) is 14.2. The van der Waals surface area contributed by atoms with E-state index in [-0.39, 0.29) is 5.92 Å². The van der Waals surface area contributed by atoms with Crippen molar-refractivity contribution in [2.24, 2.45) is 0 Å². The molecule has 0 heterocycles. The number of ether oxygens (including phenoxy) is 1. The van der Waals surface area contributed by atoms with Gasteiger partial charge in [-0.25, -0.2) is 13.1 Å². The van der Waals surface area contributed by atoms with E-state index < -0.39 is 15.3 Å². The molecule has 0 aromatic heterocycles. The average Bonchev–Trinajstić information content (AvgIpc) is 2.45. The number of rotatable bonds is 9. The predicted molar refractivity (Wildman–Crippen MR) is 91.0 cm³/mol. The van der Waals surface area contributed by atoms with E-state index in [2.05, 4.69) is 9.62 Å². The Morgan fingerprint density at radius 1 is 1.14 bits per heavy atom. The molecule has 126 valence electrons. The third-order valence-electron chi connectivity index (χ3n) is 3.47. The summed E-state index contributed by atoms with van der Waals surface area (Å²) >= 11 is 0. The molecule has 1 atom stereocenters. The first-order valence-corrected chi connectivity index (χ1v) is 9.13. The highest BCUT2D eigenvalue weighted by Crippen LogP contribution is 2.19. The SMILES string of the molecule is CC(CNS(=O)(=O)C(C)C)c1ccc(OCCN(C)C)cc1. The molecule has 1 unspecified atom stereocenters. The first-order valence-electron chi connectivity index (χ1n) is 7.58. The summed E-state index contributed by atoms with van der Waals surface area (Å²) in [5.41, 5.74) is 1.09. The van der Waals surface area contributed by atoms with Gasteiger partial charge >= 0.3 is 0 Å². The lowest BCUT2D eigenvalue weighted by atomic mass is 10.0. The molecule has 0 fully saturated rings. The van der Waals surface area contributed by atoms with E-state index in [0.29, 0.717) is 13.2 Å². The number of sulfonamides is 1. The maximum absolute atomic E-state index is 11.8. The summed E-state index contributed by atoms with van der Waals surface area (Å²) in [6, 6.07) is 7.83. The van der Waals surface area contributed by atoms with Crippen molar-refractivity contribution in [1.82, 2.24) is 9.62 Å². The first-order chi connectivity index (χ1) is 10.2. The van der Waals surface area contributed by atoms with E-state index in [1.807, 2.05) is 45.3 Å². The largest absolute Gasteiger partial charge is 0.492 e. The van der Waals surface area contributed by atoms with Crippen LogP contribution in [0.4, 0.5) is 0 Å². The summed E-state index contributed by atoms with van der Waals surface area (Å²) in [7, 11) is 0.804. The highest BCUT2D eigenvalue weighted by atomic mass is 32.2. The highest BCUT2D eigenvalue weighted by Gasteiger charge is 2.16. The molecule has 0 aliphatic heterocycles. The fourth-order valence-corrected chi connectivity index (χ4v) is 2.58. The first kappa shape index (κ1) is 18.9. The van der Waals surface area contributed by atoms with Crippen molar-refractivity contribution < 1.29 is 13.2 Å². The molecular weight excluding hydrogens is 300 g/mol. The van der Waals surface area contributed by atoms with Crippen molar-refractivity contribution in [3.05, 3.63) is 29.8 Å². The molecule has 0 aliphatic carbocycles. The minimum Gasteiger partial charge on any atom is -0.492 e. The molecule has 0 radical (unpaired) electrons. The highest BCUT2D eigenvalue weighted by molar-refractivity contribution is 7.90. The van der Waals surface area contributed by atoms with Crippen LogP contribution in [0.25, 0.3) is 0 Å². The van der Waals surface area contributed by atoms with Gasteiger partial charge in [0.25, 0.3) is 0 Å². The van der Waals surface area contributed by atoms with Gasteiger partial charge in [-0.2, -0.15) is 0 Å². The molecule has 1 aromatic carbocycles. The second-order valence-corrected chi connectivity index (χ2v) is 8.39. The molecule has 0 spiro atoms. The standard InChI is InChI=1S/C16H28N2O3S/c1-13(2)22(19,20)17-12-14(3)15-6-8-16(9-7-15)21-11-10-18(4)5/h6-9,13-14,17H,10-12H2,1-5H3. The van der Waals surface area contributed by atoms with Gasteiger partial charge in [0.1, 0.15) is 12.4 Å². The van der Waals surface area contributed by atoms with Gasteiger partial charge in [0.05, 0.1) is 5.25 Å². The number of nitrogens with one attached hydrogen (secondary N) is 1. The zero-order chi connectivity index (χ0) is 16.8. The van der Waals surface area contributed by atoms with Crippen molar-refractivity contribution in [2.75, 3.05) is 33.8 Å². The molecule has 1 rings (SSSR count). The number of nitrogens with zero attached hydrogens (tertiary/aromatic N) is 1. The van der Waals surface area contributed by atoms with E-state index in [0.717, 1.165) is 17.9 Å². The Hall–Kier alpha value is -1.11. The fourth-order valence-electron chi connectivity index (χ4n) is 1.76. The lowest BCUT2D eigenvalue weighted by Crippen LogP contribution is -2.33. The second kappa shape index (κ2) is 8.50. The molecule has 22 heavy (non-hydrogen) atoms. The number of benzene rings is 1. The summed E-state index contributed by atoms with van der Waals surface area (Å²) in [4.78, 5) is 2.07. The van der Waals surface area contributed by atoms with E-state index in [1.54, 1.807) is 13.8 Å². The van der Waals surface area contributed by atoms with Crippen molar-refractivity contribution >= 4 is 10.0 Å². The van der Waals surface area contributed by atoms with E-state index in [4.69, 9.17) is 4.74 Å². The molecule has 0 amide bonds. The molecular formula is C16H28N2O3S. The summed E-state index contributed by atoms with van der Waals surface area (Å²) < 4.78 is 31.8. The number of hydrogen-bond acceptors (Lipinski definition) is 4. The van der Waals surface area contributed by atoms with Gasteiger partial charge in [-0.05, 0) is 51.6 Å². The minimum absolute atomic E-state index is 0.115. The van der Waals surface area contributed by atoms with Crippen molar-refractivity contribution in [3.8, 4) is 5.75 Å². The molecule has 0 bridgehead atoms. The van der Waals surface area contributed by atoms with Crippen LogP contribution in [-0.2, 0) is 10.0 Å². The van der Waals surface area contributed by atoms with Crippen molar-refractivity contribution in [3.63, 3.8) is 0 Å². The molecule has 0 saturated carbocycles. The molecule has 6 heteroatoms. The minimum atomic E-state index is -3.21. The monoisotopic (exact) mass is 328 g/mol. The molecule has 0 saturated heterocycles. The Kier molecular flexibility index (Phi) is 7.32. The maximum Gasteiger partial charge on any atom is 0.213 e. The van der Waals surface area contributed by atoms with Gasteiger partial charge in [-0.3, -0.25) is 0 Å². The van der Waals surface area contributed by atoms with Crippen LogP contribution in [0.1, 0.15) is 32.3 Å². The molecule has 1 aromatic rings. The van der Waals surface area contributed by atoms with Crippen LogP contribution in [0, 0.1) is 0 Å². The van der Waals surface area contributed by atoms with E-state index in [1.165, 1.54) is 0 Å². The maximum atomic E-state index is 11.8. The van der Waals surface area contributed by atoms with Crippen LogP contribution < -0.4 is 9.46 Å². The summed E-state index contributed by atoms with van der Waals surface area (Å²) in [6.45, 7) is 7.27. The molecule has 1 N–H and O–H groups in total. The summed E-state index contributed by atoms with van der Waals surface area (Å²) in [6.07, 6.45) is 0. The van der Waals surface area contributed by atoms with Crippen LogP contribution in [0.15, 0.2) is 24.3 Å². The molecule has 5 nitrogen and oxygen atoms in total. The van der Waals surface area contributed by atoms with E-state index in [9.17, 15) is 8.42 Å². The Balaban J connectivity index is 2.52. The van der Waals surface area contributed by atoms with Crippen LogP contribution >= 0.6 is 0 Å². The Labute approximate surface area is 134 Å². The smallest absolute Gasteiger partial charge is 0.213 e. The van der Waals surface area contributed by atoms with E-state index >= 15 is 0 Å². The van der Waals surface area contributed by atoms with Gasteiger partial charge < -0.3 is 9.64 Å². The zero-order valence-corrected chi connectivity index (χ0v) is 15.0. The van der Waals surface area contributed by atoms with Crippen LogP contribution in [0.2, 0.25) is 0 Å². The Morgan fingerprint density at radius 2 is 1.73 bits per heavy atom. The van der Waals surface area contributed by atoms with Gasteiger partial charge in [-0.1, -0.05) is 19.1 Å². The third kappa shape index (κ3) is 6.34. The lowest BCUT2D eigenvalue weighted by molar-refractivity contribution is 0.261. The Morgan fingerprint density at radius 3 is 2.23 bits per heavy atom. The number of likely N-dealkylation sites (N-methyl/N-ethyl adjacent to an activating group) is 1. The van der Waals surface area contributed by atoms with Gasteiger partial charge in [0.15, 0.2) is 0 Å². The van der Waals surface area contributed by atoms with Gasteiger partial charge in [0.2, 0.25) is 10.0 Å². The summed E-state index contributed by atoms with van der Waals surface area (Å²) in [5, 5.41) is -0.410. The fraction of sp³-hybridized carbons (Fsp3) is 0.625. The predicted octanol–water partition coefficient (Wildman–Crippen LogP) is 2.06. The van der Waals surface area contributed by atoms with Crippen LogP contribution in [-0.4, -0.2) is 52.4 Å². The second-order valence-electron chi connectivity index (χ2n) is 6.06. The average molecular weight is 328 g/mol.